The number of benzene rings is 2. The number of ether oxygens (including phenoxy) is 1. The summed E-state index contributed by atoms with van der Waals surface area (Å²) in [4.78, 5) is 15.8. The van der Waals surface area contributed by atoms with E-state index >= 15 is 0 Å². The van der Waals surface area contributed by atoms with Crippen molar-refractivity contribution in [3.05, 3.63) is 65.9 Å². The van der Waals surface area contributed by atoms with Crippen molar-refractivity contribution in [3.63, 3.8) is 0 Å². The molecule has 7 heteroatoms. The second kappa shape index (κ2) is 6.43. The second-order valence-corrected chi connectivity index (χ2v) is 5.19. The first-order valence-electron chi connectivity index (χ1n) is 7.20. The molecule has 1 heterocycles. The highest BCUT2D eigenvalue weighted by molar-refractivity contribution is 5.90. The van der Waals surface area contributed by atoms with E-state index in [4.69, 9.17) is 4.42 Å². The zero-order chi connectivity index (χ0) is 18.0. The van der Waals surface area contributed by atoms with Gasteiger partial charge in [0.1, 0.15) is 12.0 Å². The summed E-state index contributed by atoms with van der Waals surface area (Å²) >= 11 is 0. The third kappa shape index (κ3) is 3.55. The molecule has 25 heavy (non-hydrogen) atoms. The number of nitrogens with zero attached hydrogens (tertiary/aromatic N) is 1. The molecule has 3 rings (SSSR count). The van der Waals surface area contributed by atoms with Gasteiger partial charge in [0, 0.05) is 11.1 Å². The highest BCUT2D eigenvalue weighted by Crippen LogP contribution is 2.31. The van der Waals surface area contributed by atoms with Crippen molar-refractivity contribution in [1.29, 1.82) is 0 Å². The topological polar surface area (TPSA) is 52.3 Å². The van der Waals surface area contributed by atoms with Gasteiger partial charge in [0.25, 0.3) is 0 Å². The fourth-order valence-corrected chi connectivity index (χ4v) is 2.27. The lowest BCUT2D eigenvalue weighted by atomic mass is 10.1. The van der Waals surface area contributed by atoms with E-state index in [-0.39, 0.29) is 5.89 Å². The van der Waals surface area contributed by atoms with Gasteiger partial charge in [0.15, 0.2) is 0 Å². The Bertz CT molecular complexity index is 898. The molecule has 0 bridgehead atoms. The van der Waals surface area contributed by atoms with Crippen molar-refractivity contribution in [2.24, 2.45) is 0 Å². The molecule has 3 aromatic rings. The van der Waals surface area contributed by atoms with Crippen LogP contribution in [-0.4, -0.2) is 18.1 Å². The normalized spacial score (nSPS) is 11.4. The fraction of sp³-hybridized carbons (Fsp3) is 0.111. The zero-order valence-corrected chi connectivity index (χ0v) is 13.0. The van der Waals surface area contributed by atoms with Gasteiger partial charge in [0.2, 0.25) is 5.89 Å². The Morgan fingerprint density at radius 2 is 1.80 bits per heavy atom. The van der Waals surface area contributed by atoms with Crippen molar-refractivity contribution in [2.75, 3.05) is 7.11 Å². The Morgan fingerprint density at radius 3 is 2.44 bits per heavy atom. The predicted molar refractivity (Wildman–Crippen MR) is 83.7 cm³/mol. The first-order valence-corrected chi connectivity index (χ1v) is 7.20. The van der Waals surface area contributed by atoms with Crippen molar-refractivity contribution >= 4 is 5.97 Å². The first-order chi connectivity index (χ1) is 11.9. The number of rotatable bonds is 3. The van der Waals surface area contributed by atoms with Gasteiger partial charge in [-0.15, -0.1) is 0 Å². The molecule has 2 aromatic carbocycles. The molecule has 0 aliphatic heterocycles. The molecule has 0 radical (unpaired) electrons. The molecule has 0 saturated carbocycles. The van der Waals surface area contributed by atoms with Crippen LogP contribution in [0, 0.1) is 0 Å². The summed E-state index contributed by atoms with van der Waals surface area (Å²) < 4.78 is 47.9. The number of oxazole rings is 1. The van der Waals surface area contributed by atoms with Gasteiger partial charge in [-0.25, -0.2) is 9.78 Å². The molecule has 4 nitrogen and oxygen atoms in total. The average molecular weight is 347 g/mol. The Morgan fingerprint density at radius 1 is 1.08 bits per heavy atom. The van der Waals surface area contributed by atoms with E-state index in [0.717, 1.165) is 12.1 Å². The maximum Gasteiger partial charge on any atom is 0.416 e. The van der Waals surface area contributed by atoms with E-state index in [1.165, 1.54) is 25.5 Å². The summed E-state index contributed by atoms with van der Waals surface area (Å²) in [6.07, 6.45) is -3.04. The highest BCUT2D eigenvalue weighted by Gasteiger charge is 2.30. The summed E-state index contributed by atoms with van der Waals surface area (Å²) in [5, 5.41) is 0. The quantitative estimate of drug-likeness (QED) is 0.638. The van der Waals surface area contributed by atoms with Crippen LogP contribution < -0.4 is 0 Å². The number of halogens is 3. The summed E-state index contributed by atoms with van der Waals surface area (Å²) in [7, 11) is 1.28. The molecule has 0 N–H and O–H groups in total. The van der Waals surface area contributed by atoms with E-state index in [0.29, 0.717) is 22.4 Å². The van der Waals surface area contributed by atoms with E-state index in [9.17, 15) is 18.0 Å². The van der Waals surface area contributed by atoms with Gasteiger partial charge in [0.05, 0.1) is 18.2 Å². The Balaban J connectivity index is 1.89. The van der Waals surface area contributed by atoms with E-state index in [1.807, 2.05) is 0 Å². The Labute approximate surface area is 140 Å². The van der Waals surface area contributed by atoms with Gasteiger partial charge in [-0.2, -0.15) is 13.2 Å². The van der Waals surface area contributed by atoms with Crippen LogP contribution in [0.1, 0.15) is 15.9 Å². The van der Waals surface area contributed by atoms with Crippen molar-refractivity contribution in [2.45, 2.75) is 6.18 Å². The lowest BCUT2D eigenvalue weighted by molar-refractivity contribution is -0.137. The predicted octanol–water partition coefficient (Wildman–Crippen LogP) is 4.81. The van der Waals surface area contributed by atoms with Gasteiger partial charge in [-0.1, -0.05) is 18.2 Å². The SMILES string of the molecule is COC(=O)c1cccc(-c2nc(-c3ccc(C(F)(F)F)cc3)co2)c1. The largest absolute Gasteiger partial charge is 0.465 e. The molecule has 0 unspecified atom stereocenters. The number of esters is 1. The standard InChI is InChI=1S/C18H12F3NO3/c1-24-17(23)13-4-2-3-12(9-13)16-22-15(10-25-16)11-5-7-14(8-6-11)18(19,20)21/h2-10H,1H3. The zero-order valence-electron chi connectivity index (χ0n) is 13.0. The number of carbonyl (C=O) groups excluding carboxylic acids is 1. The summed E-state index contributed by atoms with van der Waals surface area (Å²) in [5.41, 5.74) is 1.06. The summed E-state index contributed by atoms with van der Waals surface area (Å²) in [6.45, 7) is 0. The molecular formula is C18H12F3NO3. The smallest absolute Gasteiger partial charge is 0.416 e. The van der Waals surface area contributed by atoms with E-state index in [1.54, 1.807) is 24.3 Å². The first kappa shape index (κ1) is 16.8. The maximum atomic E-state index is 12.6. The number of aromatic nitrogens is 1. The molecule has 0 aliphatic rings. The van der Waals surface area contributed by atoms with Crippen LogP contribution in [0.25, 0.3) is 22.7 Å². The number of hydrogen-bond donors (Lipinski definition) is 0. The fourth-order valence-electron chi connectivity index (χ4n) is 2.27. The van der Waals surface area contributed by atoms with E-state index in [2.05, 4.69) is 9.72 Å². The summed E-state index contributed by atoms with van der Waals surface area (Å²) in [6, 6.07) is 11.1. The molecule has 0 spiro atoms. The Hall–Kier alpha value is -3.09. The minimum absolute atomic E-state index is 0.251. The Kier molecular flexibility index (Phi) is 4.31. The van der Waals surface area contributed by atoms with Gasteiger partial charge in [-0.3, -0.25) is 0 Å². The minimum Gasteiger partial charge on any atom is -0.465 e. The van der Waals surface area contributed by atoms with Crippen LogP contribution in [-0.2, 0) is 10.9 Å². The lowest BCUT2D eigenvalue weighted by Gasteiger charge is -2.06. The average Bonchev–Trinajstić information content (AvgIpc) is 3.10. The highest BCUT2D eigenvalue weighted by atomic mass is 19.4. The lowest BCUT2D eigenvalue weighted by Crippen LogP contribution is -2.03. The van der Waals surface area contributed by atoms with E-state index < -0.39 is 17.7 Å². The minimum atomic E-state index is -4.39. The van der Waals surface area contributed by atoms with Crippen LogP contribution in [0.4, 0.5) is 13.2 Å². The van der Waals surface area contributed by atoms with Gasteiger partial charge in [-0.05, 0) is 30.3 Å². The molecule has 0 atom stereocenters. The summed E-state index contributed by atoms with van der Waals surface area (Å²) in [5.74, 6) is -0.239. The van der Waals surface area contributed by atoms with Crippen LogP contribution >= 0.6 is 0 Å². The van der Waals surface area contributed by atoms with Crippen molar-refractivity contribution in [3.8, 4) is 22.7 Å². The molecular weight excluding hydrogens is 335 g/mol. The second-order valence-electron chi connectivity index (χ2n) is 5.19. The van der Waals surface area contributed by atoms with Crippen molar-refractivity contribution < 1.29 is 27.1 Å². The number of carbonyl (C=O) groups is 1. The van der Waals surface area contributed by atoms with Crippen LogP contribution in [0.3, 0.4) is 0 Å². The number of methoxy groups -OCH3 is 1. The van der Waals surface area contributed by atoms with Crippen LogP contribution in [0.2, 0.25) is 0 Å². The maximum absolute atomic E-state index is 12.6. The molecule has 0 saturated heterocycles. The van der Waals surface area contributed by atoms with Crippen LogP contribution in [0.15, 0.2) is 59.2 Å². The van der Waals surface area contributed by atoms with Gasteiger partial charge < -0.3 is 9.15 Å². The monoisotopic (exact) mass is 347 g/mol. The number of alkyl halides is 3. The molecule has 1 aromatic heterocycles. The molecule has 0 fully saturated rings. The molecule has 0 aliphatic carbocycles. The molecule has 0 amide bonds. The molecule has 128 valence electrons. The van der Waals surface area contributed by atoms with Crippen LogP contribution in [0.5, 0.6) is 0 Å². The number of hydrogen-bond acceptors (Lipinski definition) is 4. The third-order valence-electron chi connectivity index (χ3n) is 3.54. The van der Waals surface area contributed by atoms with Crippen molar-refractivity contribution in [1.82, 2.24) is 4.98 Å². The third-order valence-corrected chi connectivity index (χ3v) is 3.54. The van der Waals surface area contributed by atoms with Gasteiger partial charge >= 0.3 is 12.1 Å².